The van der Waals surface area contributed by atoms with E-state index in [-0.39, 0.29) is 0 Å². The van der Waals surface area contributed by atoms with E-state index >= 15 is 0 Å². The van der Waals surface area contributed by atoms with E-state index in [0.717, 1.165) is 25.7 Å². The van der Waals surface area contributed by atoms with Crippen LogP contribution < -0.4 is 10.1 Å². The second-order valence-electron chi connectivity index (χ2n) is 4.84. The van der Waals surface area contributed by atoms with Crippen molar-refractivity contribution >= 4 is 6.09 Å². The summed E-state index contributed by atoms with van der Waals surface area (Å²) in [6, 6.07) is 8.85. The third-order valence-electron chi connectivity index (χ3n) is 3.43. The van der Waals surface area contributed by atoms with Gasteiger partial charge in [0.25, 0.3) is 0 Å². The molecule has 0 radical (unpaired) electrons. The van der Waals surface area contributed by atoms with Gasteiger partial charge in [-0.15, -0.1) is 0 Å². The SMILES string of the molecule is N#Cc1ccc(OCC2(NC(=O)O)CCCC2)cc1. The van der Waals surface area contributed by atoms with E-state index in [2.05, 4.69) is 5.32 Å². The smallest absolute Gasteiger partial charge is 0.405 e. The Labute approximate surface area is 111 Å². The van der Waals surface area contributed by atoms with E-state index in [0.29, 0.717) is 17.9 Å². The molecule has 0 atom stereocenters. The van der Waals surface area contributed by atoms with Crippen LogP contribution in [-0.2, 0) is 0 Å². The van der Waals surface area contributed by atoms with Crippen molar-refractivity contribution in [2.24, 2.45) is 0 Å². The second-order valence-corrected chi connectivity index (χ2v) is 4.84. The van der Waals surface area contributed by atoms with Crippen molar-refractivity contribution in [1.82, 2.24) is 5.32 Å². The summed E-state index contributed by atoms with van der Waals surface area (Å²) >= 11 is 0. The lowest BCUT2D eigenvalue weighted by atomic mass is 9.99. The monoisotopic (exact) mass is 260 g/mol. The molecule has 1 aliphatic carbocycles. The highest BCUT2D eigenvalue weighted by molar-refractivity contribution is 5.65. The lowest BCUT2D eigenvalue weighted by Crippen LogP contribution is -2.50. The third-order valence-corrected chi connectivity index (χ3v) is 3.43. The molecule has 1 aromatic carbocycles. The van der Waals surface area contributed by atoms with Crippen molar-refractivity contribution in [3.63, 3.8) is 0 Å². The van der Waals surface area contributed by atoms with Crippen molar-refractivity contribution in [2.75, 3.05) is 6.61 Å². The van der Waals surface area contributed by atoms with Crippen LogP contribution in [0, 0.1) is 11.3 Å². The summed E-state index contributed by atoms with van der Waals surface area (Å²) < 4.78 is 5.66. The lowest BCUT2D eigenvalue weighted by molar-refractivity contribution is 0.149. The van der Waals surface area contributed by atoms with Crippen LogP contribution in [0.4, 0.5) is 4.79 Å². The van der Waals surface area contributed by atoms with Gasteiger partial charge < -0.3 is 15.2 Å². The van der Waals surface area contributed by atoms with Gasteiger partial charge in [0.1, 0.15) is 12.4 Å². The predicted octanol–water partition coefficient (Wildman–Crippen LogP) is 2.52. The third kappa shape index (κ3) is 3.38. The molecule has 1 aromatic rings. The molecule has 1 aliphatic rings. The number of benzene rings is 1. The fraction of sp³-hybridized carbons (Fsp3) is 0.429. The van der Waals surface area contributed by atoms with Gasteiger partial charge in [0.05, 0.1) is 17.2 Å². The topological polar surface area (TPSA) is 82.3 Å². The number of nitrogens with one attached hydrogen (secondary N) is 1. The number of nitriles is 1. The number of amides is 1. The average Bonchev–Trinajstić information content (AvgIpc) is 2.85. The van der Waals surface area contributed by atoms with Gasteiger partial charge in [-0.05, 0) is 37.1 Å². The van der Waals surface area contributed by atoms with Crippen LogP contribution in [0.3, 0.4) is 0 Å². The Morgan fingerprint density at radius 2 is 2.00 bits per heavy atom. The van der Waals surface area contributed by atoms with Gasteiger partial charge in [-0.1, -0.05) is 12.8 Å². The van der Waals surface area contributed by atoms with E-state index in [1.54, 1.807) is 24.3 Å². The van der Waals surface area contributed by atoms with Gasteiger partial charge in [-0.2, -0.15) is 5.26 Å². The molecule has 19 heavy (non-hydrogen) atoms. The van der Waals surface area contributed by atoms with E-state index in [9.17, 15) is 4.79 Å². The Balaban J connectivity index is 1.98. The van der Waals surface area contributed by atoms with Crippen molar-refractivity contribution in [3.8, 4) is 11.8 Å². The molecule has 0 bridgehead atoms. The van der Waals surface area contributed by atoms with Crippen molar-refractivity contribution in [3.05, 3.63) is 29.8 Å². The van der Waals surface area contributed by atoms with Crippen LogP contribution in [0.1, 0.15) is 31.2 Å². The van der Waals surface area contributed by atoms with Crippen molar-refractivity contribution in [2.45, 2.75) is 31.2 Å². The lowest BCUT2D eigenvalue weighted by Gasteiger charge is -2.28. The maximum Gasteiger partial charge on any atom is 0.405 e. The number of ether oxygens (including phenoxy) is 1. The van der Waals surface area contributed by atoms with Gasteiger partial charge in [0.2, 0.25) is 0 Å². The number of carbonyl (C=O) groups is 1. The number of rotatable bonds is 4. The molecule has 2 N–H and O–H groups in total. The molecule has 0 spiro atoms. The molecule has 1 fully saturated rings. The minimum Gasteiger partial charge on any atom is -0.491 e. The highest BCUT2D eigenvalue weighted by Gasteiger charge is 2.36. The Bertz CT molecular complexity index is 484. The number of carboxylic acid groups (broad SMARTS) is 1. The summed E-state index contributed by atoms with van der Waals surface area (Å²) in [5.74, 6) is 0.650. The molecule has 0 heterocycles. The largest absolute Gasteiger partial charge is 0.491 e. The summed E-state index contributed by atoms with van der Waals surface area (Å²) in [6.07, 6.45) is 2.62. The first-order valence-electron chi connectivity index (χ1n) is 6.28. The molecule has 1 saturated carbocycles. The zero-order valence-electron chi connectivity index (χ0n) is 10.6. The summed E-state index contributed by atoms with van der Waals surface area (Å²) in [5, 5.41) is 20.2. The van der Waals surface area contributed by atoms with Gasteiger partial charge >= 0.3 is 6.09 Å². The Kier molecular flexibility index (Phi) is 3.91. The van der Waals surface area contributed by atoms with Crippen LogP contribution in [0.2, 0.25) is 0 Å². The van der Waals surface area contributed by atoms with Crippen LogP contribution >= 0.6 is 0 Å². The van der Waals surface area contributed by atoms with Gasteiger partial charge in [0.15, 0.2) is 0 Å². The van der Waals surface area contributed by atoms with Gasteiger partial charge in [-0.3, -0.25) is 0 Å². The van der Waals surface area contributed by atoms with Crippen molar-refractivity contribution in [1.29, 1.82) is 5.26 Å². The molecule has 5 nitrogen and oxygen atoms in total. The maximum absolute atomic E-state index is 10.9. The minimum atomic E-state index is -1.01. The molecule has 0 aromatic heterocycles. The number of hydrogen-bond donors (Lipinski definition) is 2. The fourth-order valence-electron chi connectivity index (χ4n) is 2.43. The summed E-state index contributed by atoms with van der Waals surface area (Å²) in [5.41, 5.74) is 0.103. The molecule has 2 rings (SSSR count). The van der Waals surface area contributed by atoms with E-state index in [4.69, 9.17) is 15.1 Å². The Morgan fingerprint density at radius 3 is 2.53 bits per heavy atom. The molecule has 5 heteroatoms. The quantitative estimate of drug-likeness (QED) is 0.871. The molecule has 0 saturated heterocycles. The molecular weight excluding hydrogens is 244 g/mol. The zero-order chi connectivity index (χ0) is 13.7. The number of hydrogen-bond acceptors (Lipinski definition) is 3. The molecule has 0 aliphatic heterocycles. The average molecular weight is 260 g/mol. The first kappa shape index (κ1) is 13.2. The van der Waals surface area contributed by atoms with E-state index in [1.165, 1.54) is 0 Å². The predicted molar refractivity (Wildman–Crippen MR) is 69.0 cm³/mol. The van der Waals surface area contributed by atoms with E-state index in [1.807, 2.05) is 6.07 Å². The second kappa shape index (κ2) is 5.61. The normalized spacial score (nSPS) is 16.6. The van der Waals surface area contributed by atoms with Crippen LogP contribution in [0.15, 0.2) is 24.3 Å². The highest BCUT2D eigenvalue weighted by atomic mass is 16.5. The molecular formula is C14H16N2O3. The standard InChI is InChI=1S/C14H16N2O3/c15-9-11-3-5-12(6-4-11)19-10-14(16-13(17)18)7-1-2-8-14/h3-6,16H,1-2,7-8,10H2,(H,17,18). The van der Waals surface area contributed by atoms with Gasteiger partial charge in [-0.25, -0.2) is 4.79 Å². The van der Waals surface area contributed by atoms with Crippen LogP contribution in [0.5, 0.6) is 5.75 Å². The van der Waals surface area contributed by atoms with Gasteiger partial charge in [0, 0.05) is 0 Å². The fourth-order valence-corrected chi connectivity index (χ4v) is 2.43. The first-order valence-corrected chi connectivity index (χ1v) is 6.28. The molecule has 100 valence electrons. The summed E-state index contributed by atoms with van der Waals surface area (Å²) in [6.45, 7) is 0.325. The van der Waals surface area contributed by atoms with Crippen LogP contribution in [0.25, 0.3) is 0 Å². The summed E-state index contributed by atoms with van der Waals surface area (Å²) in [7, 11) is 0. The maximum atomic E-state index is 10.9. The highest BCUT2D eigenvalue weighted by Crippen LogP contribution is 2.30. The molecule has 1 amide bonds. The molecule has 0 unspecified atom stereocenters. The van der Waals surface area contributed by atoms with Crippen molar-refractivity contribution < 1.29 is 14.6 Å². The number of nitrogens with zero attached hydrogens (tertiary/aromatic N) is 1. The Hall–Kier alpha value is -2.22. The van der Waals surface area contributed by atoms with E-state index < -0.39 is 11.6 Å². The first-order chi connectivity index (χ1) is 9.13. The minimum absolute atomic E-state index is 0.325. The van der Waals surface area contributed by atoms with Crippen LogP contribution in [-0.4, -0.2) is 23.3 Å². The summed E-state index contributed by atoms with van der Waals surface area (Å²) in [4.78, 5) is 10.9. The zero-order valence-corrected chi connectivity index (χ0v) is 10.6. The Morgan fingerprint density at radius 1 is 1.37 bits per heavy atom.